The second-order valence-corrected chi connectivity index (χ2v) is 6.54. The maximum absolute atomic E-state index is 12.5. The van der Waals surface area contributed by atoms with E-state index in [1.54, 1.807) is 6.07 Å². The quantitative estimate of drug-likeness (QED) is 0.857. The molecule has 22 heavy (non-hydrogen) atoms. The van der Waals surface area contributed by atoms with Crippen LogP contribution in [0.25, 0.3) is 0 Å². The van der Waals surface area contributed by atoms with Gasteiger partial charge in [0.1, 0.15) is 0 Å². The van der Waals surface area contributed by atoms with Gasteiger partial charge in [-0.05, 0) is 30.9 Å². The molecule has 4 nitrogen and oxygen atoms in total. The first-order chi connectivity index (χ1) is 10.7. The Morgan fingerprint density at radius 1 is 1.14 bits per heavy atom. The minimum Gasteiger partial charge on any atom is -0.379 e. The topological polar surface area (TPSA) is 32.8 Å². The van der Waals surface area contributed by atoms with Gasteiger partial charge < -0.3 is 9.64 Å². The minimum absolute atomic E-state index is 0.0652. The van der Waals surface area contributed by atoms with Gasteiger partial charge in [0.2, 0.25) is 0 Å². The van der Waals surface area contributed by atoms with E-state index in [1.165, 1.54) is 0 Å². The molecule has 3 rings (SSSR count). The summed E-state index contributed by atoms with van der Waals surface area (Å²) in [5, 5.41) is 0.544. The van der Waals surface area contributed by atoms with Crippen LogP contribution >= 0.6 is 11.6 Å². The lowest BCUT2D eigenvalue weighted by molar-refractivity contribution is 0.0243. The molecule has 0 spiro atoms. The molecule has 2 aliphatic heterocycles. The molecule has 5 heteroatoms. The number of carbonyl (C=O) groups is 1. The van der Waals surface area contributed by atoms with E-state index < -0.39 is 0 Å². The molecule has 1 aromatic carbocycles. The number of carbonyl (C=O) groups excluding carboxylic acids is 1. The van der Waals surface area contributed by atoms with E-state index in [2.05, 4.69) is 4.90 Å². The lowest BCUT2D eigenvalue weighted by atomic mass is 9.95. The van der Waals surface area contributed by atoms with Crippen LogP contribution in [0.3, 0.4) is 0 Å². The van der Waals surface area contributed by atoms with Crippen LogP contribution in [0.4, 0.5) is 0 Å². The average molecular weight is 323 g/mol. The number of halogens is 1. The minimum atomic E-state index is 0.0652. The zero-order valence-electron chi connectivity index (χ0n) is 12.8. The predicted octanol–water partition coefficient (Wildman–Crippen LogP) is 2.52. The number of piperidine rings is 1. The van der Waals surface area contributed by atoms with Crippen LogP contribution < -0.4 is 0 Å². The van der Waals surface area contributed by atoms with Crippen molar-refractivity contribution in [3.8, 4) is 0 Å². The molecule has 0 atom stereocenters. The summed E-state index contributed by atoms with van der Waals surface area (Å²) >= 11 is 6.13. The number of amides is 1. The molecule has 1 amide bonds. The highest BCUT2D eigenvalue weighted by atomic mass is 35.5. The van der Waals surface area contributed by atoms with E-state index in [0.717, 1.165) is 58.8 Å². The van der Waals surface area contributed by atoms with Gasteiger partial charge >= 0.3 is 0 Å². The number of likely N-dealkylation sites (tertiary alicyclic amines) is 1. The Morgan fingerprint density at radius 3 is 2.50 bits per heavy atom. The number of morpholine rings is 1. The van der Waals surface area contributed by atoms with E-state index in [9.17, 15) is 4.79 Å². The fourth-order valence-corrected chi connectivity index (χ4v) is 3.49. The predicted molar refractivity (Wildman–Crippen MR) is 87.3 cm³/mol. The fraction of sp³-hybridized carbons (Fsp3) is 0.588. The molecule has 0 unspecified atom stereocenters. The van der Waals surface area contributed by atoms with Crippen LogP contribution in [0.15, 0.2) is 24.3 Å². The molecule has 2 heterocycles. The third-order valence-electron chi connectivity index (χ3n) is 4.63. The van der Waals surface area contributed by atoms with Gasteiger partial charge in [-0.1, -0.05) is 23.7 Å². The zero-order valence-corrected chi connectivity index (χ0v) is 13.6. The highest BCUT2D eigenvalue weighted by molar-refractivity contribution is 6.33. The number of hydrogen-bond donors (Lipinski definition) is 0. The number of ether oxygens (including phenoxy) is 1. The molecule has 120 valence electrons. The molecule has 2 fully saturated rings. The summed E-state index contributed by atoms with van der Waals surface area (Å²) in [6.45, 7) is 6.58. The Morgan fingerprint density at radius 2 is 1.82 bits per heavy atom. The number of nitrogens with zero attached hydrogens (tertiary/aromatic N) is 2. The molecule has 2 saturated heterocycles. The lowest BCUT2D eigenvalue weighted by Crippen LogP contribution is -2.44. The van der Waals surface area contributed by atoms with Crippen molar-refractivity contribution in [1.82, 2.24) is 9.80 Å². The summed E-state index contributed by atoms with van der Waals surface area (Å²) < 4.78 is 5.39. The molecule has 0 aliphatic carbocycles. The van der Waals surface area contributed by atoms with Crippen LogP contribution in [0, 0.1) is 5.92 Å². The van der Waals surface area contributed by atoms with Crippen LogP contribution in [0.5, 0.6) is 0 Å². The van der Waals surface area contributed by atoms with Crippen molar-refractivity contribution >= 4 is 17.5 Å². The third kappa shape index (κ3) is 3.80. The molecular formula is C17H23ClN2O2. The first-order valence-corrected chi connectivity index (χ1v) is 8.46. The van der Waals surface area contributed by atoms with E-state index >= 15 is 0 Å². The highest BCUT2D eigenvalue weighted by Gasteiger charge is 2.26. The smallest absolute Gasteiger partial charge is 0.255 e. The number of benzene rings is 1. The summed E-state index contributed by atoms with van der Waals surface area (Å²) in [6, 6.07) is 7.31. The Labute approximate surface area is 137 Å². The van der Waals surface area contributed by atoms with Crippen molar-refractivity contribution in [2.45, 2.75) is 12.8 Å². The van der Waals surface area contributed by atoms with Crippen LogP contribution in [0.2, 0.25) is 5.02 Å². The Kier molecular flexibility index (Phi) is 5.34. The van der Waals surface area contributed by atoms with Crippen molar-refractivity contribution in [3.05, 3.63) is 34.9 Å². The SMILES string of the molecule is O=C(c1ccccc1Cl)N1CCC(CN2CCOCC2)CC1. The van der Waals surface area contributed by atoms with Gasteiger partial charge in [-0.3, -0.25) is 9.69 Å². The van der Waals surface area contributed by atoms with E-state index in [-0.39, 0.29) is 5.91 Å². The molecule has 2 aliphatic rings. The van der Waals surface area contributed by atoms with Gasteiger partial charge in [-0.2, -0.15) is 0 Å². The zero-order chi connectivity index (χ0) is 15.4. The van der Waals surface area contributed by atoms with Crippen molar-refractivity contribution in [2.24, 2.45) is 5.92 Å². The lowest BCUT2D eigenvalue weighted by Gasteiger charge is -2.36. The van der Waals surface area contributed by atoms with Gasteiger partial charge in [0, 0.05) is 32.7 Å². The fourth-order valence-electron chi connectivity index (χ4n) is 3.27. The average Bonchev–Trinajstić information content (AvgIpc) is 2.56. The largest absolute Gasteiger partial charge is 0.379 e. The first kappa shape index (κ1) is 15.8. The van der Waals surface area contributed by atoms with E-state index in [1.807, 2.05) is 23.1 Å². The second kappa shape index (κ2) is 7.44. The van der Waals surface area contributed by atoms with Crippen molar-refractivity contribution in [2.75, 3.05) is 45.9 Å². The second-order valence-electron chi connectivity index (χ2n) is 6.13. The summed E-state index contributed by atoms with van der Waals surface area (Å²) in [5.74, 6) is 0.754. The summed E-state index contributed by atoms with van der Waals surface area (Å²) in [4.78, 5) is 17.0. The first-order valence-electron chi connectivity index (χ1n) is 8.08. The Balaban J connectivity index is 1.51. The molecule has 0 aromatic heterocycles. The molecule has 1 aromatic rings. The summed E-state index contributed by atoms with van der Waals surface area (Å²) in [7, 11) is 0. The number of hydrogen-bond acceptors (Lipinski definition) is 3. The summed E-state index contributed by atoms with van der Waals surface area (Å²) in [6.07, 6.45) is 2.15. The third-order valence-corrected chi connectivity index (χ3v) is 4.96. The molecule has 0 radical (unpaired) electrons. The monoisotopic (exact) mass is 322 g/mol. The standard InChI is InChI=1S/C17H23ClN2O2/c18-16-4-2-1-3-15(16)17(21)20-7-5-14(6-8-20)13-19-9-11-22-12-10-19/h1-4,14H,5-13H2. The van der Waals surface area contributed by atoms with Crippen molar-refractivity contribution in [3.63, 3.8) is 0 Å². The van der Waals surface area contributed by atoms with E-state index in [4.69, 9.17) is 16.3 Å². The van der Waals surface area contributed by atoms with Crippen molar-refractivity contribution < 1.29 is 9.53 Å². The molecular weight excluding hydrogens is 300 g/mol. The normalized spacial score (nSPS) is 21.0. The Hall–Kier alpha value is -1.10. The van der Waals surface area contributed by atoms with Gasteiger partial charge in [0.15, 0.2) is 0 Å². The molecule has 0 N–H and O–H groups in total. The van der Waals surface area contributed by atoms with Gasteiger partial charge in [-0.15, -0.1) is 0 Å². The van der Waals surface area contributed by atoms with Crippen molar-refractivity contribution in [1.29, 1.82) is 0 Å². The van der Waals surface area contributed by atoms with Crippen LogP contribution in [-0.4, -0.2) is 61.6 Å². The van der Waals surface area contributed by atoms with Gasteiger partial charge in [0.25, 0.3) is 5.91 Å². The maximum Gasteiger partial charge on any atom is 0.255 e. The van der Waals surface area contributed by atoms with Gasteiger partial charge in [0.05, 0.1) is 23.8 Å². The Bertz CT molecular complexity index is 509. The van der Waals surface area contributed by atoms with Crippen LogP contribution in [0.1, 0.15) is 23.2 Å². The molecule has 0 saturated carbocycles. The molecule has 0 bridgehead atoms. The van der Waals surface area contributed by atoms with E-state index in [0.29, 0.717) is 16.5 Å². The summed E-state index contributed by atoms with van der Waals surface area (Å²) in [5.41, 5.74) is 0.621. The highest BCUT2D eigenvalue weighted by Crippen LogP contribution is 2.23. The van der Waals surface area contributed by atoms with Gasteiger partial charge in [-0.25, -0.2) is 0 Å². The number of rotatable bonds is 3. The van der Waals surface area contributed by atoms with Crippen LogP contribution in [-0.2, 0) is 4.74 Å². The maximum atomic E-state index is 12.5.